The number of aryl methyl sites for hydroxylation is 1. The molecular formula is C16H21Cl2N3. The number of fused-ring (bicyclic) bond motifs is 1. The van der Waals surface area contributed by atoms with E-state index in [1.54, 1.807) is 6.20 Å². The normalized spacial score (nSPS) is 19.2. The van der Waals surface area contributed by atoms with Crippen LogP contribution in [0.25, 0.3) is 11.2 Å². The van der Waals surface area contributed by atoms with E-state index in [1.165, 1.54) is 25.7 Å². The molecular weight excluding hydrogens is 305 g/mol. The van der Waals surface area contributed by atoms with Gasteiger partial charge in [0.25, 0.3) is 0 Å². The van der Waals surface area contributed by atoms with E-state index in [4.69, 9.17) is 28.2 Å². The first kappa shape index (κ1) is 15.1. The number of pyridine rings is 1. The lowest BCUT2D eigenvalue weighted by atomic mass is 9.75. The molecule has 2 aromatic heterocycles. The second-order valence-corrected chi connectivity index (χ2v) is 7.54. The number of alkyl halides is 1. The molecule has 0 radical (unpaired) electrons. The van der Waals surface area contributed by atoms with E-state index in [9.17, 15) is 0 Å². The van der Waals surface area contributed by atoms with Gasteiger partial charge in [-0.1, -0.05) is 25.4 Å². The summed E-state index contributed by atoms with van der Waals surface area (Å²) in [6.45, 7) is 4.71. The van der Waals surface area contributed by atoms with E-state index >= 15 is 0 Å². The summed E-state index contributed by atoms with van der Waals surface area (Å²) in [6.07, 6.45) is 7.32. The topological polar surface area (TPSA) is 30.7 Å². The molecule has 0 saturated heterocycles. The zero-order chi connectivity index (χ0) is 15.0. The summed E-state index contributed by atoms with van der Waals surface area (Å²) in [4.78, 5) is 9.23. The van der Waals surface area contributed by atoms with Crippen LogP contribution in [-0.4, -0.2) is 20.4 Å². The van der Waals surface area contributed by atoms with Gasteiger partial charge >= 0.3 is 0 Å². The van der Waals surface area contributed by atoms with Crippen LogP contribution in [0.15, 0.2) is 12.3 Å². The van der Waals surface area contributed by atoms with Crippen LogP contribution in [0.2, 0.25) is 5.02 Å². The van der Waals surface area contributed by atoms with Gasteiger partial charge in [0, 0.05) is 24.5 Å². The molecule has 1 saturated carbocycles. The van der Waals surface area contributed by atoms with Gasteiger partial charge in [0.2, 0.25) is 0 Å². The molecule has 21 heavy (non-hydrogen) atoms. The molecule has 0 N–H and O–H groups in total. The molecule has 1 aliphatic carbocycles. The third-order valence-electron chi connectivity index (χ3n) is 4.56. The maximum Gasteiger partial charge on any atom is 0.160 e. The predicted molar refractivity (Wildman–Crippen MR) is 88.2 cm³/mol. The highest BCUT2D eigenvalue weighted by Gasteiger charge is 2.30. The molecule has 1 aliphatic rings. The van der Waals surface area contributed by atoms with E-state index in [0.29, 0.717) is 22.4 Å². The number of nitrogens with zero attached hydrogens (tertiary/aromatic N) is 3. The number of rotatable bonds is 3. The fourth-order valence-electron chi connectivity index (χ4n) is 3.29. The molecule has 0 bridgehead atoms. The molecule has 0 aromatic carbocycles. The van der Waals surface area contributed by atoms with Crippen LogP contribution in [0, 0.1) is 5.41 Å². The molecule has 2 heterocycles. The number of imidazole rings is 1. The summed E-state index contributed by atoms with van der Waals surface area (Å²) < 4.78 is 2.31. The van der Waals surface area contributed by atoms with E-state index in [0.717, 1.165) is 23.4 Å². The highest BCUT2D eigenvalue weighted by atomic mass is 35.5. The Morgan fingerprint density at radius 1 is 1.33 bits per heavy atom. The maximum atomic E-state index is 6.04. The monoisotopic (exact) mass is 325 g/mol. The Labute approximate surface area is 135 Å². The zero-order valence-corrected chi connectivity index (χ0v) is 14.1. The van der Waals surface area contributed by atoms with Gasteiger partial charge in [-0.3, -0.25) is 0 Å². The summed E-state index contributed by atoms with van der Waals surface area (Å²) in [6, 6.07) is 2.38. The van der Waals surface area contributed by atoms with Gasteiger partial charge in [0.15, 0.2) is 5.65 Å². The first-order valence-corrected chi connectivity index (χ1v) is 8.50. The van der Waals surface area contributed by atoms with Gasteiger partial charge in [0.05, 0.1) is 5.02 Å². The summed E-state index contributed by atoms with van der Waals surface area (Å²) in [5.41, 5.74) is 2.28. The van der Waals surface area contributed by atoms with Crippen molar-refractivity contribution >= 4 is 34.4 Å². The number of hydrogen-bond donors (Lipinski definition) is 0. The molecule has 3 rings (SSSR count). The molecule has 2 aromatic rings. The quantitative estimate of drug-likeness (QED) is 0.743. The Hall–Kier alpha value is -0.800. The van der Waals surface area contributed by atoms with Crippen molar-refractivity contribution in [1.29, 1.82) is 0 Å². The van der Waals surface area contributed by atoms with Crippen molar-refractivity contribution in [3.05, 3.63) is 23.1 Å². The van der Waals surface area contributed by atoms with E-state index in [-0.39, 0.29) is 0 Å². The summed E-state index contributed by atoms with van der Waals surface area (Å²) in [7, 11) is 0. The average molecular weight is 326 g/mol. The van der Waals surface area contributed by atoms with Gasteiger partial charge in [0.1, 0.15) is 11.3 Å². The lowest BCUT2D eigenvalue weighted by Gasteiger charge is -2.35. The molecule has 0 amide bonds. The summed E-state index contributed by atoms with van der Waals surface area (Å²) in [5.74, 6) is 1.62. The summed E-state index contributed by atoms with van der Waals surface area (Å²) >= 11 is 12.0. The van der Waals surface area contributed by atoms with Gasteiger partial charge < -0.3 is 4.57 Å². The Bertz CT molecular complexity index is 638. The number of hydrogen-bond acceptors (Lipinski definition) is 2. The van der Waals surface area contributed by atoms with Crippen molar-refractivity contribution in [2.75, 3.05) is 5.88 Å². The number of aromatic nitrogens is 3. The van der Waals surface area contributed by atoms with Crippen LogP contribution >= 0.6 is 23.2 Å². The lowest BCUT2D eigenvalue weighted by molar-refractivity contribution is 0.194. The van der Waals surface area contributed by atoms with Crippen LogP contribution in [0.1, 0.15) is 51.4 Å². The van der Waals surface area contributed by atoms with E-state index in [2.05, 4.69) is 23.4 Å². The Kier molecular flexibility index (Phi) is 4.15. The fraction of sp³-hybridized carbons (Fsp3) is 0.625. The minimum atomic E-state index is 0.455. The minimum Gasteiger partial charge on any atom is -0.310 e. The highest BCUT2D eigenvalue weighted by Crippen LogP contribution is 2.41. The van der Waals surface area contributed by atoms with Crippen LogP contribution in [0.3, 0.4) is 0 Å². The highest BCUT2D eigenvalue weighted by molar-refractivity contribution is 6.31. The maximum absolute atomic E-state index is 6.04. The third-order valence-corrected chi connectivity index (χ3v) is 4.96. The molecule has 0 aliphatic heterocycles. The molecule has 0 atom stereocenters. The molecule has 0 unspecified atom stereocenters. The van der Waals surface area contributed by atoms with Crippen molar-refractivity contribution in [3.63, 3.8) is 0 Å². The van der Waals surface area contributed by atoms with Crippen molar-refractivity contribution < 1.29 is 0 Å². The van der Waals surface area contributed by atoms with Crippen LogP contribution in [-0.2, 0) is 6.42 Å². The van der Waals surface area contributed by atoms with Crippen molar-refractivity contribution in [1.82, 2.24) is 14.5 Å². The van der Waals surface area contributed by atoms with Gasteiger partial charge in [-0.2, -0.15) is 0 Å². The number of halogens is 2. The van der Waals surface area contributed by atoms with Crippen molar-refractivity contribution in [2.24, 2.45) is 5.41 Å². The molecule has 0 spiro atoms. The Morgan fingerprint density at radius 2 is 2.05 bits per heavy atom. The van der Waals surface area contributed by atoms with Crippen LogP contribution in [0.5, 0.6) is 0 Å². The standard InChI is InChI=1S/C16H21Cl2N3/c1-16(2)6-3-12(4-7-16)21-14(5-8-17)20-13-9-11(18)10-19-15(13)21/h9-10,12H,3-8H2,1-2H3. The van der Waals surface area contributed by atoms with Gasteiger partial charge in [-0.05, 0) is 37.2 Å². The molecule has 114 valence electrons. The largest absolute Gasteiger partial charge is 0.310 e. The smallest absolute Gasteiger partial charge is 0.160 e. The van der Waals surface area contributed by atoms with Crippen LogP contribution in [0.4, 0.5) is 0 Å². The lowest BCUT2D eigenvalue weighted by Crippen LogP contribution is -2.24. The predicted octanol–water partition coefficient (Wildman–Crippen LogP) is 5.01. The third kappa shape index (κ3) is 3.04. The van der Waals surface area contributed by atoms with Crippen molar-refractivity contribution in [2.45, 2.75) is 52.0 Å². The molecule has 1 fully saturated rings. The Morgan fingerprint density at radius 3 is 2.71 bits per heavy atom. The SMILES string of the molecule is CC1(C)CCC(n2c(CCCl)nc3cc(Cl)cnc32)CC1. The summed E-state index contributed by atoms with van der Waals surface area (Å²) in [5, 5.41) is 0.634. The van der Waals surface area contributed by atoms with Crippen LogP contribution < -0.4 is 0 Å². The van der Waals surface area contributed by atoms with Gasteiger partial charge in [-0.15, -0.1) is 11.6 Å². The fourth-order valence-corrected chi connectivity index (χ4v) is 3.61. The first-order chi connectivity index (χ1) is 10.00. The van der Waals surface area contributed by atoms with E-state index in [1.807, 2.05) is 6.07 Å². The van der Waals surface area contributed by atoms with Crippen molar-refractivity contribution in [3.8, 4) is 0 Å². The average Bonchev–Trinajstić information content (AvgIpc) is 2.76. The first-order valence-electron chi connectivity index (χ1n) is 7.58. The second-order valence-electron chi connectivity index (χ2n) is 6.73. The van der Waals surface area contributed by atoms with Gasteiger partial charge in [-0.25, -0.2) is 9.97 Å². The minimum absolute atomic E-state index is 0.455. The Balaban J connectivity index is 2.01. The zero-order valence-electron chi connectivity index (χ0n) is 12.6. The second kappa shape index (κ2) is 5.77. The molecule has 5 heteroatoms. The molecule has 3 nitrogen and oxygen atoms in total. The van der Waals surface area contributed by atoms with E-state index < -0.39 is 0 Å².